The SMILES string of the molecule is CC(C)(C)CC(CN)C(=O)Nc1cc(F)c(F)c(F)c1. The van der Waals surface area contributed by atoms with Crippen molar-refractivity contribution in [1.82, 2.24) is 0 Å². The highest BCUT2D eigenvalue weighted by Crippen LogP contribution is 2.25. The van der Waals surface area contributed by atoms with E-state index in [2.05, 4.69) is 5.32 Å². The van der Waals surface area contributed by atoms with Gasteiger partial charge in [-0.1, -0.05) is 20.8 Å². The summed E-state index contributed by atoms with van der Waals surface area (Å²) in [6.07, 6.45) is 0.529. The third-order valence-corrected chi connectivity index (χ3v) is 2.77. The van der Waals surface area contributed by atoms with Crippen molar-refractivity contribution in [2.24, 2.45) is 17.1 Å². The summed E-state index contributed by atoms with van der Waals surface area (Å²) in [5.41, 5.74) is 5.31. The molecule has 1 aromatic rings. The lowest BCUT2D eigenvalue weighted by molar-refractivity contribution is -0.120. The first-order valence-corrected chi connectivity index (χ1v) is 6.29. The fourth-order valence-corrected chi connectivity index (χ4v) is 1.89. The van der Waals surface area contributed by atoms with E-state index in [-0.39, 0.29) is 17.6 Å². The van der Waals surface area contributed by atoms with E-state index < -0.39 is 29.3 Å². The number of nitrogens with one attached hydrogen (secondary N) is 1. The number of halogens is 3. The Morgan fingerprint density at radius 2 is 1.75 bits per heavy atom. The van der Waals surface area contributed by atoms with E-state index in [9.17, 15) is 18.0 Å². The number of amides is 1. The Morgan fingerprint density at radius 1 is 1.25 bits per heavy atom. The highest BCUT2D eigenvalue weighted by Gasteiger charge is 2.24. The molecule has 6 heteroatoms. The van der Waals surface area contributed by atoms with Crippen LogP contribution >= 0.6 is 0 Å². The second-order valence-electron chi connectivity index (χ2n) is 5.94. The Labute approximate surface area is 116 Å². The Bertz CT molecular complexity index is 475. The van der Waals surface area contributed by atoms with E-state index in [1.165, 1.54) is 0 Å². The summed E-state index contributed by atoms with van der Waals surface area (Å²) in [4.78, 5) is 12.0. The molecule has 0 saturated heterocycles. The maximum absolute atomic E-state index is 13.1. The molecule has 0 spiro atoms. The zero-order valence-electron chi connectivity index (χ0n) is 11.8. The number of nitrogens with two attached hydrogens (primary N) is 1. The molecule has 1 aromatic carbocycles. The number of carbonyl (C=O) groups is 1. The summed E-state index contributed by atoms with van der Waals surface area (Å²) in [5, 5.41) is 2.36. The van der Waals surface area contributed by atoms with Gasteiger partial charge in [0, 0.05) is 24.4 Å². The summed E-state index contributed by atoms with van der Waals surface area (Å²) in [6, 6.07) is 1.47. The van der Waals surface area contributed by atoms with Gasteiger partial charge in [0.2, 0.25) is 5.91 Å². The van der Waals surface area contributed by atoms with E-state index in [4.69, 9.17) is 5.73 Å². The second kappa shape index (κ2) is 6.26. The van der Waals surface area contributed by atoms with Gasteiger partial charge in [0.15, 0.2) is 17.5 Å². The molecule has 0 aromatic heterocycles. The molecule has 0 bridgehead atoms. The Morgan fingerprint density at radius 3 is 2.15 bits per heavy atom. The van der Waals surface area contributed by atoms with Crippen molar-refractivity contribution in [3.63, 3.8) is 0 Å². The Hall–Kier alpha value is -1.56. The molecular formula is C14H19F3N2O. The van der Waals surface area contributed by atoms with Crippen LogP contribution < -0.4 is 11.1 Å². The zero-order valence-corrected chi connectivity index (χ0v) is 11.8. The summed E-state index contributed by atoms with van der Waals surface area (Å²) >= 11 is 0. The third kappa shape index (κ3) is 4.52. The van der Waals surface area contributed by atoms with Crippen LogP contribution in [0.25, 0.3) is 0 Å². The van der Waals surface area contributed by atoms with Crippen LogP contribution in [0.1, 0.15) is 27.2 Å². The lowest BCUT2D eigenvalue weighted by Crippen LogP contribution is -2.32. The van der Waals surface area contributed by atoms with Crippen molar-refractivity contribution in [3.05, 3.63) is 29.6 Å². The maximum atomic E-state index is 13.1. The molecule has 20 heavy (non-hydrogen) atoms. The van der Waals surface area contributed by atoms with Crippen molar-refractivity contribution in [1.29, 1.82) is 0 Å². The van der Waals surface area contributed by atoms with Gasteiger partial charge in [-0.25, -0.2) is 13.2 Å². The van der Waals surface area contributed by atoms with E-state index >= 15 is 0 Å². The van der Waals surface area contributed by atoms with Gasteiger partial charge in [0.1, 0.15) is 0 Å². The summed E-state index contributed by atoms with van der Waals surface area (Å²) < 4.78 is 38.9. The van der Waals surface area contributed by atoms with Crippen LogP contribution in [-0.4, -0.2) is 12.5 Å². The molecule has 0 aliphatic carbocycles. The molecule has 112 valence electrons. The van der Waals surface area contributed by atoms with Crippen LogP contribution in [0.4, 0.5) is 18.9 Å². The highest BCUT2D eigenvalue weighted by molar-refractivity contribution is 5.92. The topological polar surface area (TPSA) is 55.1 Å². The van der Waals surface area contributed by atoms with Crippen LogP contribution in [0.2, 0.25) is 0 Å². The molecule has 1 unspecified atom stereocenters. The lowest BCUT2D eigenvalue weighted by Gasteiger charge is -2.24. The maximum Gasteiger partial charge on any atom is 0.228 e. The van der Waals surface area contributed by atoms with Gasteiger partial charge in [0.05, 0.1) is 5.92 Å². The predicted octanol–water partition coefficient (Wildman–Crippen LogP) is 3.05. The van der Waals surface area contributed by atoms with Crippen molar-refractivity contribution in [3.8, 4) is 0 Å². The molecule has 0 radical (unpaired) electrons. The van der Waals surface area contributed by atoms with Crippen LogP contribution in [0, 0.1) is 28.8 Å². The first kappa shape index (κ1) is 16.5. The highest BCUT2D eigenvalue weighted by atomic mass is 19.2. The molecule has 0 fully saturated rings. The van der Waals surface area contributed by atoms with Crippen LogP contribution in [0.3, 0.4) is 0 Å². The van der Waals surface area contributed by atoms with Gasteiger partial charge >= 0.3 is 0 Å². The van der Waals surface area contributed by atoms with Crippen LogP contribution in [0.15, 0.2) is 12.1 Å². The van der Waals surface area contributed by atoms with Crippen molar-refractivity contribution < 1.29 is 18.0 Å². The van der Waals surface area contributed by atoms with Gasteiger partial charge in [-0.3, -0.25) is 4.79 Å². The average molecular weight is 288 g/mol. The zero-order chi connectivity index (χ0) is 15.5. The number of benzene rings is 1. The van der Waals surface area contributed by atoms with E-state index in [1.54, 1.807) is 0 Å². The molecule has 0 aliphatic rings. The first-order valence-electron chi connectivity index (χ1n) is 6.29. The molecule has 1 atom stereocenters. The third-order valence-electron chi connectivity index (χ3n) is 2.77. The molecule has 1 rings (SSSR count). The minimum atomic E-state index is -1.56. The molecule has 0 heterocycles. The molecule has 3 N–H and O–H groups in total. The Kier molecular flexibility index (Phi) is 5.16. The largest absolute Gasteiger partial charge is 0.330 e. The second-order valence-corrected chi connectivity index (χ2v) is 5.94. The van der Waals surface area contributed by atoms with Crippen molar-refractivity contribution in [2.45, 2.75) is 27.2 Å². The minimum absolute atomic E-state index is 0.110. The number of anilines is 1. The van der Waals surface area contributed by atoms with Gasteiger partial charge in [-0.05, 0) is 11.8 Å². The van der Waals surface area contributed by atoms with E-state index in [0.717, 1.165) is 12.1 Å². The molecule has 0 saturated carbocycles. The van der Waals surface area contributed by atoms with Gasteiger partial charge in [0.25, 0.3) is 0 Å². The summed E-state index contributed by atoms with van der Waals surface area (Å²) in [7, 11) is 0. The lowest BCUT2D eigenvalue weighted by atomic mass is 9.84. The van der Waals surface area contributed by atoms with E-state index in [0.29, 0.717) is 6.42 Å². The normalized spacial score (nSPS) is 13.2. The molecule has 3 nitrogen and oxygen atoms in total. The smallest absolute Gasteiger partial charge is 0.228 e. The van der Waals surface area contributed by atoms with Crippen LogP contribution in [0.5, 0.6) is 0 Å². The molecular weight excluding hydrogens is 269 g/mol. The van der Waals surface area contributed by atoms with Gasteiger partial charge < -0.3 is 11.1 Å². The Balaban J connectivity index is 2.84. The fourth-order valence-electron chi connectivity index (χ4n) is 1.89. The summed E-state index contributed by atoms with van der Waals surface area (Å²) in [5.74, 6) is -5.17. The monoisotopic (exact) mass is 288 g/mol. The van der Waals surface area contributed by atoms with Gasteiger partial charge in [-0.15, -0.1) is 0 Å². The molecule has 1 amide bonds. The predicted molar refractivity (Wildman–Crippen MR) is 71.6 cm³/mol. The van der Waals surface area contributed by atoms with Crippen molar-refractivity contribution >= 4 is 11.6 Å². The van der Waals surface area contributed by atoms with Gasteiger partial charge in [-0.2, -0.15) is 0 Å². The van der Waals surface area contributed by atoms with Crippen LogP contribution in [-0.2, 0) is 4.79 Å². The fraction of sp³-hybridized carbons (Fsp3) is 0.500. The minimum Gasteiger partial charge on any atom is -0.330 e. The van der Waals surface area contributed by atoms with E-state index in [1.807, 2.05) is 20.8 Å². The van der Waals surface area contributed by atoms with Crippen molar-refractivity contribution in [2.75, 3.05) is 11.9 Å². The quantitative estimate of drug-likeness (QED) is 0.837. The molecule has 0 aliphatic heterocycles. The number of carbonyl (C=O) groups excluding carboxylic acids is 1. The number of hydrogen-bond donors (Lipinski definition) is 2. The number of hydrogen-bond acceptors (Lipinski definition) is 2. The number of rotatable bonds is 4. The summed E-state index contributed by atoms with van der Waals surface area (Å²) in [6.45, 7) is 6.00. The average Bonchev–Trinajstić information content (AvgIpc) is 2.31. The standard InChI is InChI=1S/C14H19F3N2O/c1-14(2,3)6-8(7-18)13(20)19-9-4-10(15)12(17)11(16)5-9/h4-5,8H,6-7,18H2,1-3H3,(H,19,20). The first-order chi connectivity index (χ1) is 9.14.